The van der Waals surface area contributed by atoms with Crippen LogP contribution in [-0.2, 0) is 5.41 Å². The molecule has 2 aliphatic carbocycles. The first kappa shape index (κ1) is 31.9. The van der Waals surface area contributed by atoms with Crippen LogP contribution in [0.1, 0.15) is 22.3 Å². The molecule has 0 atom stereocenters. The number of nitrogens with zero attached hydrogens (tertiary/aromatic N) is 2. The van der Waals surface area contributed by atoms with E-state index in [1.165, 1.54) is 72.0 Å². The van der Waals surface area contributed by atoms with Gasteiger partial charge in [-0.15, -0.1) is 0 Å². The van der Waals surface area contributed by atoms with E-state index in [2.05, 4.69) is 187 Å². The van der Waals surface area contributed by atoms with E-state index >= 15 is 0 Å². The molecule has 264 valence electrons. The van der Waals surface area contributed by atoms with Crippen molar-refractivity contribution in [3.8, 4) is 67.0 Å². The zero-order chi connectivity index (χ0) is 37.5. The van der Waals surface area contributed by atoms with Gasteiger partial charge in [0, 0.05) is 11.6 Å². The third-order valence-electron chi connectivity index (χ3n) is 12.3. The monoisotopic (exact) mass is 722 g/mol. The Bertz CT molecular complexity index is 3190. The van der Waals surface area contributed by atoms with Crippen molar-refractivity contribution in [2.75, 3.05) is 0 Å². The number of fused-ring (bicyclic) bond motifs is 12. The molecule has 10 aromatic rings. The summed E-state index contributed by atoms with van der Waals surface area (Å²) in [5.41, 5.74) is 20.2. The molecule has 0 amide bonds. The summed E-state index contributed by atoms with van der Waals surface area (Å²) in [7, 11) is 0. The van der Waals surface area contributed by atoms with Crippen LogP contribution in [0, 0.1) is 0 Å². The van der Waals surface area contributed by atoms with Crippen molar-refractivity contribution >= 4 is 21.7 Å². The van der Waals surface area contributed by atoms with Crippen molar-refractivity contribution in [3.05, 3.63) is 229 Å². The number of hydrogen-bond acceptors (Lipinski definition) is 2. The van der Waals surface area contributed by atoms with E-state index in [-0.39, 0.29) is 5.41 Å². The van der Waals surface area contributed by atoms with E-state index in [1.807, 2.05) is 24.4 Å². The molecule has 0 saturated heterocycles. The van der Waals surface area contributed by atoms with Gasteiger partial charge < -0.3 is 0 Å². The predicted octanol–water partition coefficient (Wildman–Crippen LogP) is 13.8. The van der Waals surface area contributed by atoms with Crippen LogP contribution in [0.2, 0.25) is 0 Å². The average molecular weight is 723 g/mol. The first-order valence-electron chi connectivity index (χ1n) is 19.6. The van der Waals surface area contributed by atoms with Gasteiger partial charge in [0.25, 0.3) is 0 Å². The van der Waals surface area contributed by atoms with Crippen LogP contribution >= 0.6 is 0 Å². The highest BCUT2D eigenvalue weighted by atomic mass is 14.8. The van der Waals surface area contributed by atoms with E-state index in [1.54, 1.807) is 0 Å². The van der Waals surface area contributed by atoms with Gasteiger partial charge in [0.15, 0.2) is 0 Å². The largest absolute Gasteiger partial charge is 0.255 e. The van der Waals surface area contributed by atoms with E-state index in [4.69, 9.17) is 4.98 Å². The Kier molecular flexibility index (Phi) is 6.88. The summed E-state index contributed by atoms with van der Waals surface area (Å²) in [6, 6.07) is 73.3. The summed E-state index contributed by atoms with van der Waals surface area (Å²) in [6.07, 6.45) is 1.83. The summed E-state index contributed by atoms with van der Waals surface area (Å²) < 4.78 is 0. The van der Waals surface area contributed by atoms with Gasteiger partial charge in [-0.05, 0) is 131 Å². The normalized spacial score (nSPS) is 13.1. The molecule has 2 aromatic heterocycles. The molecule has 0 fully saturated rings. The zero-order valence-electron chi connectivity index (χ0n) is 31.0. The van der Waals surface area contributed by atoms with Gasteiger partial charge in [0.1, 0.15) is 0 Å². The van der Waals surface area contributed by atoms with Crippen molar-refractivity contribution in [3.63, 3.8) is 0 Å². The number of aromatic nitrogens is 2. The van der Waals surface area contributed by atoms with E-state index < -0.39 is 0 Å². The van der Waals surface area contributed by atoms with Crippen LogP contribution in [0.25, 0.3) is 88.7 Å². The molecule has 0 unspecified atom stereocenters. The minimum atomic E-state index is -0.360. The lowest BCUT2D eigenvalue weighted by Crippen LogP contribution is -2.25. The smallest absolute Gasteiger partial charge is 0.0900 e. The van der Waals surface area contributed by atoms with Crippen molar-refractivity contribution in [1.82, 2.24) is 9.97 Å². The molecule has 2 heteroatoms. The summed E-state index contributed by atoms with van der Waals surface area (Å²) in [6.45, 7) is 0. The summed E-state index contributed by atoms with van der Waals surface area (Å²) in [5.74, 6) is 0. The van der Waals surface area contributed by atoms with Crippen LogP contribution in [0.4, 0.5) is 0 Å². The van der Waals surface area contributed by atoms with E-state index in [9.17, 15) is 0 Å². The SMILES string of the molecule is c1ccc(-c2cc(-c3ccccn3)nc3ccc(-c4ccc5ccc(-c6cccc7c6-c6ccccc6C76c7ccccc7-c7ccccc76)cc5c4)cc23)cc1. The number of rotatable bonds is 4. The fourth-order valence-electron chi connectivity index (χ4n) is 9.89. The molecule has 0 aliphatic heterocycles. The molecular formula is C55H34N2. The Morgan fingerprint density at radius 2 is 0.930 bits per heavy atom. The second kappa shape index (κ2) is 12.3. The van der Waals surface area contributed by atoms with Crippen LogP contribution in [0.5, 0.6) is 0 Å². The van der Waals surface area contributed by atoms with Crippen molar-refractivity contribution in [2.45, 2.75) is 5.41 Å². The Labute approximate surface area is 331 Å². The Hall–Kier alpha value is -7.42. The Morgan fingerprint density at radius 3 is 1.68 bits per heavy atom. The Morgan fingerprint density at radius 1 is 0.333 bits per heavy atom. The minimum absolute atomic E-state index is 0.360. The summed E-state index contributed by atoms with van der Waals surface area (Å²) in [5, 5.41) is 3.56. The molecule has 0 N–H and O–H groups in total. The molecule has 0 bridgehead atoms. The minimum Gasteiger partial charge on any atom is -0.255 e. The highest BCUT2D eigenvalue weighted by Crippen LogP contribution is 2.63. The number of hydrogen-bond donors (Lipinski definition) is 0. The molecular weight excluding hydrogens is 689 g/mol. The van der Waals surface area contributed by atoms with Gasteiger partial charge in [-0.3, -0.25) is 4.98 Å². The molecule has 2 nitrogen and oxygen atoms in total. The van der Waals surface area contributed by atoms with Crippen molar-refractivity contribution in [2.24, 2.45) is 0 Å². The summed E-state index contributed by atoms with van der Waals surface area (Å²) in [4.78, 5) is 9.71. The first-order chi connectivity index (χ1) is 28.3. The molecule has 12 rings (SSSR count). The van der Waals surface area contributed by atoms with Crippen LogP contribution in [-0.4, -0.2) is 9.97 Å². The highest BCUT2D eigenvalue weighted by molar-refractivity contribution is 6.03. The lowest BCUT2D eigenvalue weighted by molar-refractivity contribution is 0.794. The fraction of sp³-hybridized carbons (Fsp3) is 0.0182. The molecule has 2 heterocycles. The molecule has 2 aliphatic rings. The average Bonchev–Trinajstić information content (AvgIpc) is 3.76. The van der Waals surface area contributed by atoms with E-state index in [0.29, 0.717) is 0 Å². The van der Waals surface area contributed by atoms with Crippen LogP contribution in [0.15, 0.2) is 206 Å². The lowest BCUT2D eigenvalue weighted by Gasteiger charge is -2.30. The van der Waals surface area contributed by atoms with Gasteiger partial charge >= 0.3 is 0 Å². The molecule has 8 aromatic carbocycles. The second-order valence-electron chi connectivity index (χ2n) is 15.3. The van der Waals surface area contributed by atoms with Gasteiger partial charge in [-0.25, -0.2) is 4.98 Å². The van der Waals surface area contributed by atoms with E-state index in [0.717, 1.165) is 39.0 Å². The van der Waals surface area contributed by atoms with Gasteiger partial charge in [0.05, 0.1) is 22.3 Å². The quantitative estimate of drug-likeness (QED) is 0.181. The number of pyridine rings is 2. The fourth-order valence-corrected chi connectivity index (χ4v) is 9.89. The number of benzene rings is 8. The predicted molar refractivity (Wildman–Crippen MR) is 235 cm³/mol. The standard InChI is InChI=1S/C55H34N2/c1-2-13-36(14-3-1)45-34-53(52-23-10-11-30-56-52)57-51-29-28-38(33-46(45)51)37-26-24-35-25-27-39(32-40(35)31-37)41-18-12-22-50-54(41)44-17-6-9-21-49(44)55(50)47-19-7-4-15-42(47)43-16-5-8-20-48(43)55/h1-34H. The second-order valence-corrected chi connectivity index (χ2v) is 15.3. The topological polar surface area (TPSA) is 25.8 Å². The summed E-state index contributed by atoms with van der Waals surface area (Å²) >= 11 is 0. The van der Waals surface area contributed by atoms with Crippen LogP contribution in [0.3, 0.4) is 0 Å². The Balaban J connectivity index is 1.01. The third-order valence-corrected chi connectivity index (χ3v) is 12.3. The molecule has 0 radical (unpaired) electrons. The third kappa shape index (κ3) is 4.65. The van der Waals surface area contributed by atoms with Crippen molar-refractivity contribution in [1.29, 1.82) is 0 Å². The maximum absolute atomic E-state index is 5.09. The lowest BCUT2D eigenvalue weighted by atomic mass is 9.70. The maximum atomic E-state index is 5.09. The molecule has 57 heavy (non-hydrogen) atoms. The molecule has 1 spiro atoms. The van der Waals surface area contributed by atoms with Gasteiger partial charge in [-0.1, -0.05) is 158 Å². The highest BCUT2D eigenvalue weighted by Gasteiger charge is 2.51. The zero-order valence-corrected chi connectivity index (χ0v) is 31.0. The first-order valence-corrected chi connectivity index (χ1v) is 19.6. The van der Waals surface area contributed by atoms with Crippen LogP contribution < -0.4 is 0 Å². The molecule has 0 saturated carbocycles. The van der Waals surface area contributed by atoms with Crippen molar-refractivity contribution < 1.29 is 0 Å². The maximum Gasteiger partial charge on any atom is 0.0900 e. The van der Waals surface area contributed by atoms with Gasteiger partial charge in [-0.2, -0.15) is 0 Å². The van der Waals surface area contributed by atoms with Gasteiger partial charge in [0.2, 0.25) is 0 Å².